The number of thiazole rings is 1. The van der Waals surface area contributed by atoms with Gasteiger partial charge >= 0.3 is 0 Å². The van der Waals surface area contributed by atoms with E-state index in [9.17, 15) is 0 Å². The summed E-state index contributed by atoms with van der Waals surface area (Å²) < 4.78 is 6.40. The molecular weight excluding hydrogens is 218 g/mol. The Bertz CT molecular complexity index is 283. The molecule has 4 heteroatoms. The number of nitrogens with zero attached hydrogens (tertiary/aromatic N) is 1. The minimum absolute atomic E-state index is 0.463. The molecule has 0 atom stereocenters. The molecule has 0 unspecified atom stereocenters. The van der Waals surface area contributed by atoms with Crippen LogP contribution in [0.5, 0.6) is 0 Å². The van der Waals surface area contributed by atoms with Gasteiger partial charge in [0.05, 0.1) is 17.6 Å². The molecule has 0 amide bonds. The molecule has 1 heterocycles. The fourth-order valence-electron chi connectivity index (χ4n) is 1.78. The zero-order chi connectivity index (χ0) is 9.80. The lowest BCUT2D eigenvalue weighted by Gasteiger charge is -2.21. The fourth-order valence-corrected chi connectivity index (χ4v) is 2.68. The Morgan fingerprint density at radius 3 is 2.86 bits per heavy atom. The van der Waals surface area contributed by atoms with Crippen molar-refractivity contribution in [3.63, 3.8) is 0 Å². The van der Waals surface area contributed by atoms with Crippen molar-refractivity contribution in [2.75, 3.05) is 0 Å². The lowest BCUT2D eigenvalue weighted by molar-refractivity contribution is 0.0181. The predicted molar refractivity (Wildman–Crippen MR) is 58.8 cm³/mol. The zero-order valence-electron chi connectivity index (χ0n) is 8.04. The van der Waals surface area contributed by atoms with Gasteiger partial charge in [0.1, 0.15) is 0 Å². The van der Waals surface area contributed by atoms with Crippen molar-refractivity contribution >= 4 is 22.9 Å². The number of aromatic nitrogens is 1. The highest BCUT2D eigenvalue weighted by atomic mass is 35.5. The molecule has 0 bridgehead atoms. The number of rotatable bonds is 3. The third-order valence-corrected chi connectivity index (χ3v) is 3.63. The molecule has 0 N–H and O–H groups in total. The van der Waals surface area contributed by atoms with Gasteiger partial charge in [0, 0.05) is 6.20 Å². The molecule has 0 saturated heterocycles. The summed E-state index contributed by atoms with van der Waals surface area (Å²) in [6, 6.07) is 0. The molecule has 1 aliphatic carbocycles. The summed E-state index contributed by atoms with van der Waals surface area (Å²) in [5.41, 5.74) is 0. The largest absolute Gasteiger partial charge is 0.373 e. The second-order valence-electron chi connectivity index (χ2n) is 3.65. The quantitative estimate of drug-likeness (QED) is 0.792. The Morgan fingerprint density at radius 1 is 1.43 bits per heavy atom. The summed E-state index contributed by atoms with van der Waals surface area (Å²) in [5.74, 6) is 0. The Labute approximate surface area is 93.3 Å². The molecule has 2 rings (SSSR count). The van der Waals surface area contributed by atoms with Gasteiger partial charge in [-0.05, 0) is 12.8 Å². The van der Waals surface area contributed by atoms with Crippen LogP contribution in [0.3, 0.4) is 0 Å². The molecule has 1 saturated carbocycles. The average molecular weight is 232 g/mol. The molecule has 0 aliphatic heterocycles. The van der Waals surface area contributed by atoms with Crippen LogP contribution < -0.4 is 0 Å². The highest BCUT2D eigenvalue weighted by Crippen LogP contribution is 2.23. The summed E-state index contributed by atoms with van der Waals surface area (Å²) in [7, 11) is 0. The van der Waals surface area contributed by atoms with E-state index in [0.717, 1.165) is 4.88 Å². The van der Waals surface area contributed by atoms with Crippen LogP contribution in [-0.2, 0) is 11.3 Å². The van der Waals surface area contributed by atoms with Crippen LogP contribution in [0.4, 0.5) is 0 Å². The molecule has 2 nitrogen and oxygen atoms in total. The van der Waals surface area contributed by atoms with Crippen molar-refractivity contribution in [3.05, 3.63) is 15.5 Å². The summed E-state index contributed by atoms with van der Waals surface area (Å²) in [6.45, 7) is 0.676. The number of ether oxygens (including phenoxy) is 1. The van der Waals surface area contributed by atoms with Crippen LogP contribution in [0.15, 0.2) is 6.20 Å². The van der Waals surface area contributed by atoms with Gasteiger partial charge in [-0.25, -0.2) is 4.98 Å². The van der Waals surface area contributed by atoms with Crippen LogP contribution >= 0.6 is 22.9 Å². The summed E-state index contributed by atoms with van der Waals surface area (Å²) in [4.78, 5) is 5.11. The first-order chi connectivity index (χ1) is 6.84. The lowest BCUT2D eigenvalue weighted by Crippen LogP contribution is -2.15. The maximum Gasteiger partial charge on any atom is 0.183 e. The predicted octanol–water partition coefficient (Wildman–Crippen LogP) is 3.65. The van der Waals surface area contributed by atoms with Crippen LogP contribution in [0.1, 0.15) is 37.0 Å². The highest BCUT2D eigenvalue weighted by Gasteiger charge is 2.13. The van der Waals surface area contributed by atoms with E-state index in [-0.39, 0.29) is 0 Å². The third-order valence-electron chi connectivity index (χ3n) is 2.54. The van der Waals surface area contributed by atoms with Crippen molar-refractivity contribution < 1.29 is 4.74 Å². The number of hydrogen-bond donors (Lipinski definition) is 0. The number of halogens is 1. The fraction of sp³-hybridized carbons (Fsp3) is 0.700. The first kappa shape index (κ1) is 10.4. The van der Waals surface area contributed by atoms with Gasteiger partial charge < -0.3 is 4.74 Å². The third kappa shape index (κ3) is 2.94. The molecule has 14 heavy (non-hydrogen) atoms. The van der Waals surface area contributed by atoms with Gasteiger partial charge in [0.15, 0.2) is 4.47 Å². The first-order valence-corrected chi connectivity index (χ1v) is 6.26. The van der Waals surface area contributed by atoms with Gasteiger partial charge in [-0.15, -0.1) is 11.3 Å². The van der Waals surface area contributed by atoms with Crippen molar-refractivity contribution in [3.8, 4) is 0 Å². The Hall–Kier alpha value is -0.120. The van der Waals surface area contributed by atoms with Crippen LogP contribution in [0, 0.1) is 0 Å². The zero-order valence-corrected chi connectivity index (χ0v) is 9.61. The van der Waals surface area contributed by atoms with Crippen LogP contribution in [-0.4, -0.2) is 11.1 Å². The topological polar surface area (TPSA) is 22.1 Å². The second-order valence-corrected chi connectivity index (χ2v) is 5.35. The molecule has 1 aliphatic rings. The Kier molecular flexibility index (Phi) is 3.79. The van der Waals surface area contributed by atoms with E-state index in [1.54, 1.807) is 6.20 Å². The minimum atomic E-state index is 0.463. The van der Waals surface area contributed by atoms with E-state index in [1.807, 2.05) is 0 Å². The van der Waals surface area contributed by atoms with E-state index >= 15 is 0 Å². The van der Waals surface area contributed by atoms with Crippen LogP contribution in [0.25, 0.3) is 0 Å². The smallest absolute Gasteiger partial charge is 0.183 e. The van der Waals surface area contributed by atoms with Crippen LogP contribution in [0.2, 0.25) is 4.47 Å². The Balaban J connectivity index is 1.76. The maximum atomic E-state index is 5.79. The molecule has 1 aromatic heterocycles. The van der Waals surface area contributed by atoms with E-state index in [0.29, 0.717) is 17.2 Å². The molecule has 1 fully saturated rings. The SMILES string of the molecule is Clc1ncc(COC2CCCCC2)s1. The molecule has 0 aromatic carbocycles. The minimum Gasteiger partial charge on any atom is -0.373 e. The molecule has 1 aromatic rings. The standard InChI is InChI=1S/C10H14ClNOS/c11-10-12-6-9(14-10)7-13-8-4-2-1-3-5-8/h6,8H,1-5,7H2. The van der Waals surface area contributed by atoms with Crippen molar-refractivity contribution in [2.45, 2.75) is 44.8 Å². The van der Waals surface area contributed by atoms with Gasteiger partial charge in [-0.2, -0.15) is 0 Å². The second kappa shape index (κ2) is 5.10. The average Bonchev–Trinajstić information content (AvgIpc) is 2.63. The van der Waals surface area contributed by atoms with Gasteiger partial charge in [-0.1, -0.05) is 30.9 Å². The summed E-state index contributed by atoms with van der Waals surface area (Å²) in [5, 5.41) is 0. The lowest BCUT2D eigenvalue weighted by atomic mass is 9.98. The summed E-state index contributed by atoms with van der Waals surface area (Å²) in [6.07, 6.45) is 8.69. The van der Waals surface area contributed by atoms with Gasteiger partial charge in [0.2, 0.25) is 0 Å². The van der Waals surface area contributed by atoms with E-state index in [1.165, 1.54) is 43.4 Å². The molecule has 0 spiro atoms. The molecular formula is C10H14ClNOS. The van der Waals surface area contributed by atoms with Gasteiger partial charge in [-0.3, -0.25) is 0 Å². The van der Waals surface area contributed by atoms with E-state index in [2.05, 4.69) is 4.98 Å². The monoisotopic (exact) mass is 231 g/mol. The van der Waals surface area contributed by atoms with Crippen molar-refractivity contribution in [2.24, 2.45) is 0 Å². The van der Waals surface area contributed by atoms with E-state index in [4.69, 9.17) is 16.3 Å². The summed E-state index contributed by atoms with van der Waals surface area (Å²) >= 11 is 7.24. The maximum absolute atomic E-state index is 5.79. The number of hydrogen-bond acceptors (Lipinski definition) is 3. The molecule has 78 valence electrons. The van der Waals surface area contributed by atoms with Gasteiger partial charge in [0.25, 0.3) is 0 Å². The normalized spacial score (nSPS) is 18.6. The van der Waals surface area contributed by atoms with Crippen molar-refractivity contribution in [1.82, 2.24) is 4.98 Å². The van der Waals surface area contributed by atoms with E-state index < -0.39 is 0 Å². The van der Waals surface area contributed by atoms with Crippen molar-refractivity contribution in [1.29, 1.82) is 0 Å². The first-order valence-electron chi connectivity index (χ1n) is 5.06. The highest BCUT2D eigenvalue weighted by molar-refractivity contribution is 7.15. The molecule has 0 radical (unpaired) electrons. The Morgan fingerprint density at radius 2 is 2.21 bits per heavy atom.